The van der Waals surface area contributed by atoms with Crippen molar-refractivity contribution in [2.75, 3.05) is 6.54 Å². The molecule has 110 valence electrons. The predicted octanol–water partition coefficient (Wildman–Crippen LogP) is 3.53. The molecule has 19 heavy (non-hydrogen) atoms. The predicted molar refractivity (Wildman–Crippen MR) is 77.2 cm³/mol. The van der Waals surface area contributed by atoms with Gasteiger partial charge < -0.3 is 5.11 Å². The Bertz CT molecular complexity index is 295. The molecule has 0 aromatic rings. The van der Waals surface area contributed by atoms with Crippen LogP contribution in [0.3, 0.4) is 0 Å². The summed E-state index contributed by atoms with van der Waals surface area (Å²) in [5, 5.41) is 8.91. The van der Waals surface area contributed by atoms with Crippen LogP contribution in [0.1, 0.15) is 65.2 Å². The first-order chi connectivity index (χ1) is 9.06. The van der Waals surface area contributed by atoms with Crippen molar-refractivity contribution in [2.45, 2.75) is 77.3 Å². The van der Waals surface area contributed by atoms with Crippen LogP contribution in [-0.4, -0.2) is 34.6 Å². The summed E-state index contributed by atoms with van der Waals surface area (Å²) < 4.78 is 0. The van der Waals surface area contributed by atoms with Gasteiger partial charge in [0.2, 0.25) is 0 Å². The fourth-order valence-corrected chi connectivity index (χ4v) is 4.28. The fourth-order valence-electron chi connectivity index (χ4n) is 4.28. The average molecular weight is 267 g/mol. The summed E-state index contributed by atoms with van der Waals surface area (Å²) in [5.74, 6) is 1.02. The van der Waals surface area contributed by atoms with Crippen LogP contribution in [-0.2, 0) is 4.79 Å². The van der Waals surface area contributed by atoms with E-state index in [1.54, 1.807) is 0 Å². The number of carboxylic acids is 1. The van der Waals surface area contributed by atoms with Gasteiger partial charge in [-0.25, -0.2) is 0 Å². The highest BCUT2D eigenvalue weighted by Gasteiger charge is 2.33. The Kier molecular flexibility index (Phi) is 5.26. The fraction of sp³-hybridized carbons (Fsp3) is 0.938. The second-order valence-corrected chi connectivity index (χ2v) is 6.89. The summed E-state index contributed by atoms with van der Waals surface area (Å²) in [6.07, 6.45) is 8.94. The molecule has 0 bridgehead atoms. The van der Waals surface area contributed by atoms with Gasteiger partial charge in [0.05, 0.1) is 0 Å². The number of hydrogen-bond donors (Lipinski definition) is 1. The third-order valence-corrected chi connectivity index (χ3v) is 4.99. The topological polar surface area (TPSA) is 40.5 Å². The average Bonchev–Trinajstić information content (AvgIpc) is 2.35. The molecule has 1 aliphatic carbocycles. The van der Waals surface area contributed by atoms with Crippen LogP contribution in [0.5, 0.6) is 0 Å². The van der Waals surface area contributed by atoms with Gasteiger partial charge in [-0.05, 0) is 56.9 Å². The minimum Gasteiger partial charge on any atom is -0.481 e. The maximum Gasteiger partial charge on any atom is 0.303 e. The van der Waals surface area contributed by atoms with Gasteiger partial charge in [0.15, 0.2) is 0 Å². The molecule has 2 fully saturated rings. The van der Waals surface area contributed by atoms with Gasteiger partial charge in [0.1, 0.15) is 0 Å². The number of rotatable bonds is 4. The summed E-state index contributed by atoms with van der Waals surface area (Å²) in [6, 6.07) is 1.23. The molecule has 1 saturated carbocycles. The molecule has 3 heteroatoms. The molecule has 2 rings (SSSR count). The van der Waals surface area contributed by atoms with Gasteiger partial charge in [-0.15, -0.1) is 0 Å². The van der Waals surface area contributed by atoms with Crippen molar-refractivity contribution in [3.8, 4) is 0 Å². The lowest BCUT2D eigenvalue weighted by Crippen LogP contribution is -2.49. The van der Waals surface area contributed by atoms with Crippen LogP contribution in [0.15, 0.2) is 0 Å². The molecule has 1 saturated heterocycles. The SMILES string of the molecule is CC1CC(C)CC(N2CCCCC2CCC(=O)O)C1. The van der Waals surface area contributed by atoms with Gasteiger partial charge in [0.25, 0.3) is 0 Å². The lowest BCUT2D eigenvalue weighted by atomic mass is 9.78. The molecule has 1 heterocycles. The van der Waals surface area contributed by atoms with E-state index >= 15 is 0 Å². The van der Waals surface area contributed by atoms with Crippen LogP contribution < -0.4 is 0 Å². The molecule has 1 aliphatic heterocycles. The molecule has 0 aromatic carbocycles. The van der Waals surface area contributed by atoms with Crippen molar-refractivity contribution in [3.05, 3.63) is 0 Å². The number of nitrogens with zero attached hydrogens (tertiary/aromatic N) is 1. The van der Waals surface area contributed by atoms with Gasteiger partial charge in [-0.1, -0.05) is 20.3 Å². The Morgan fingerprint density at radius 2 is 1.84 bits per heavy atom. The van der Waals surface area contributed by atoms with Crippen LogP contribution in [0.2, 0.25) is 0 Å². The van der Waals surface area contributed by atoms with Crippen molar-refractivity contribution in [1.82, 2.24) is 4.90 Å². The second-order valence-electron chi connectivity index (χ2n) is 6.89. The number of carboxylic acid groups (broad SMARTS) is 1. The minimum atomic E-state index is -0.643. The first kappa shape index (κ1) is 14.8. The number of likely N-dealkylation sites (tertiary alicyclic amines) is 1. The normalized spacial score (nSPS) is 37.2. The minimum absolute atomic E-state index is 0.332. The lowest BCUT2D eigenvalue weighted by molar-refractivity contribution is -0.137. The van der Waals surface area contributed by atoms with Crippen molar-refractivity contribution >= 4 is 5.97 Å². The zero-order valence-corrected chi connectivity index (χ0v) is 12.5. The smallest absolute Gasteiger partial charge is 0.303 e. The first-order valence-electron chi connectivity index (χ1n) is 8.03. The zero-order chi connectivity index (χ0) is 13.8. The molecule has 1 N–H and O–H groups in total. The number of hydrogen-bond acceptors (Lipinski definition) is 2. The third kappa shape index (κ3) is 4.20. The monoisotopic (exact) mass is 267 g/mol. The maximum absolute atomic E-state index is 10.8. The van der Waals surface area contributed by atoms with Crippen LogP contribution >= 0.6 is 0 Å². The highest BCUT2D eigenvalue weighted by molar-refractivity contribution is 5.66. The molecule has 0 radical (unpaired) electrons. The number of piperidine rings is 1. The molecule has 0 aromatic heterocycles. The summed E-state index contributed by atoms with van der Waals surface area (Å²) in [6.45, 7) is 5.94. The third-order valence-electron chi connectivity index (χ3n) is 4.99. The number of carbonyl (C=O) groups is 1. The van der Waals surface area contributed by atoms with Gasteiger partial charge in [0, 0.05) is 18.5 Å². The second kappa shape index (κ2) is 6.74. The summed E-state index contributed by atoms with van der Waals surface area (Å²) >= 11 is 0. The van der Waals surface area contributed by atoms with E-state index in [9.17, 15) is 4.79 Å². The summed E-state index contributed by atoms with van der Waals surface area (Å²) in [4.78, 5) is 13.5. The largest absolute Gasteiger partial charge is 0.481 e. The van der Waals surface area contributed by atoms with E-state index in [4.69, 9.17) is 5.11 Å². The van der Waals surface area contributed by atoms with E-state index in [1.165, 1.54) is 45.1 Å². The van der Waals surface area contributed by atoms with Crippen molar-refractivity contribution in [1.29, 1.82) is 0 Å². The molecular weight excluding hydrogens is 238 g/mol. The van der Waals surface area contributed by atoms with E-state index in [0.29, 0.717) is 18.5 Å². The molecule has 3 nitrogen and oxygen atoms in total. The maximum atomic E-state index is 10.8. The summed E-state index contributed by atoms with van der Waals surface area (Å²) in [7, 11) is 0. The number of aliphatic carboxylic acids is 1. The highest BCUT2D eigenvalue weighted by Crippen LogP contribution is 2.35. The van der Waals surface area contributed by atoms with Crippen LogP contribution in [0.4, 0.5) is 0 Å². The Morgan fingerprint density at radius 1 is 1.16 bits per heavy atom. The van der Waals surface area contributed by atoms with Crippen molar-refractivity contribution < 1.29 is 9.90 Å². The highest BCUT2D eigenvalue weighted by atomic mass is 16.4. The molecule has 2 aliphatic rings. The van der Waals surface area contributed by atoms with E-state index in [1.807, 2.05) is 0 Å². The van der Waals surface area contributed by atoms with Gasteiger partial charge in [-0.2, -0.15) is 0 Å². The van der Waals surface area contributed by atoms with Crippen LogP contribution in [0, 0.1) is 11.8 Å². The standard InChI is InChI=1S/C16H29NO2/c1-12-9-13(2)11-15(10-12)17-8-4-3-5-14(17)6-7-16(18)19/h12-15H,3-11H2,1-2H3,(H,18,19). The first-order valence-corrected chi connectivity index (χ1v) is 8.03. The van der Waals surface area contributed by atoms with E-state index in [2.05, 4.69) is 18.7 Å². The Morgan fingerprint density at radius 3 is 2.47 bits per heavy atom. The van der Waals surface area contributed by atoms with E-state index in [0.717, 1.165) is 18.3 Å². The van der Waals surface area contributed by atoms with E-state index in [-0.39, 0.29) is 0 Å². The van der Waals surface area contributed by atoms with Crippen molar-refractivity contribution in [3.63, 3.8) is 0 Å². The van der Waals surface area contributed by atoms with Crippen molar-refractivity contribution in [2.24, 2.45) is 11.8 Å². The molecular formula is C16H29NO2. The van der Waals surface area contributed by atoms with Gasteiger partial charge >= 0.3 is 5.97 Å². The molecule has 0 amide bonds. The van der Waals surface area contributed by atoms with Gasteiger partial charge in [-0.3, -0.25) is 9.69 Å². The molecule has 3 unspecified atom stereocenters. The zero-order valence-electron chi connectivity index (χ0n) is 12.5. The molecule has 0 spiro atoms. The molecule has 3 atom stereocenters. The lowest BCUT2D eigenvalue weighted by Gasteiger charge is -2.45. The van der Waals surface area contributed by atoms with E-state index < -0.39 is 5.97 Å². The van der Waals surface area contributed by atoms with Crippen LogP contribution in [0.25, 0.3) is 0 Å². The Balaban J connectivity index is 1.95. The Labute approximate surface area is 117 Å². The quantitative estimate of drug-likeness (QED) is 0.847. The Hall–Kier alpha value is -0.570. The summed E-state index contributed by atoms with van der Waals surface area (Å²) in [5.41, 5.74) is 0.